The number of hydrogen-bond donors (Lipinski definition) is 1. The van der Waals surface area contributed by atoms with Crippen LogP contribution in [0.3, 0.4) is 0 Å². The van der Waals surface area contributed by atoms with E-state index in [9.17, 15) is 9.90 Å². The van der Waals surface area contributed by atoms with Crippen molar-refractivity contribution < 1.29 is 14.6 Å². The van der Waals surface area contributed by atoms with Gasteiger partial charge in [-0.3, -0.25) is 9.69 Å². The molecule has 1 aromatic carbocycles. The molecule has 5 nitrogen and oxygen atoms in total. The number of nitrogens with zero attached hydrogens (tertiary/aromatic N) is 2. The minimum atomic E-state index is -0.805. The number of rotatable bonds is 7. The Balaban J connectivity index is 2.08. The summed E-state index contributed by atoms with van der Waals surface area (Å²) in [5.74, 6) is -0.109. The van der Waals surface area contributed by atoms with Gasteiger partial charge in [0.15, 0.2) is 0 Å². The van der Waals surface area contributed by atoms with E-state index in [1.165, 1.54) is 0 Å². The van der Waals surface area contributed by atoms with Gasteiger partial charge >= 0.3 is 5.97 Å². The Labute approximate surface area is 132 Å². The highest BCUT2D eigenvalue weighted by Crippen LogP contribution is 2.32. The molecule has 0 radical (unpaired) electrons. The number of fused-ring (bicyclic) bond motifs is 1. The van der Waals surface area contributed by atoms with Gasteiger partial charge in [0.1, 0.15) is 18.4 Å². The Bertz CT molecular complexity index is 489. The maximum Gasteiger partial charge on any atom is 0.325 e. The van der Waals surface area contributed by atoms with Crippen molar-refractivity contribution in [2.45, 2.75) is 26.3 Å². The van der Waals surface area contributed by atoms with Crippen LogP contribution < -0.4 is 4.74 Å². The second-order valence-corrected chi connectivity index (χ2v) is 5.54. The van der Waals surface area contributed by atoms with Crippen LogP contribution in [0.5, 0.6) is 5.75 Å². The third kappa shape index (κ3) is 3.99. The van der Waals surface area contributed by atoms with Crippen molar-refractivity contribution in [1.29, 1.82) is 0 Å². The zero-order chi connectivity index (χ0) is 15.9. The molecule has 2 rings (SSSR count). The van der Waals surface area contributed by atoms with Gasteiger partial charge in [0.25, 0.3) is 0 Å². The molecule has 5 heteroatoms. The molecule has 0 amide bonds. The summed E-state index contributed by atoms with van der Waals surface area (Å²) in [7, 11) is 0. The van der Waals surface area contributed by atoms with Crippen molar-refractivity contribution in [1.82, 2.24) is 9.80 Å². The van der Waals surface area contributed by atoms with E-state index in [0.717, 1.165) is 38.2 Å². The van der Waals surface area contributed by atoms with Crippen molar-refractivity contribution in [3.63, 3.8) is 0 Å². The smallest absolute Gasteiger partial charge is 0.325 e. The molecule has 0 spiro atoms. The molecule has 1 N–H and O–H groups in total. The van der Waals surface area contributed by atoms with Crippen molar-refractivity contribution in [2.24, 2.45) is 0 Å². The number of carbonyl (C=O) groups is 1. The van der Waals surface area contributed by atoms with E-state index in [2.05, 4.69) is 18.7 Å². The van der Waals surface area contributed by atoms with Gasteiger partial charge in [0, 0.05) is 18.7 Å². The zero-order valence-corrected chi connectivity index (χ0v) is 13.5. The highest BCUT2D eigenvalue weighted by molar-refractivity contribution is 5.76. The van der Waals surface area contributed by atoms with Crippen LogP contribution >= 0.6 is 0 Å². The molecule has 22 heavy (non-hydrogen) atoms. The molecule has 1 aliphatic heterocycles. The van der Waals surface area contributed by atoms with Gasteiger partial charge in [-0.25, -0.2) is 0 Å². The van der Waals surface area contributed by atoms with E-state index in [1.54, 1.807) is 0 Å². The summed E-state index contributed by atoms with van der Waals surface area (Å²) in [5.41, 5.74) is 0.760. The number of benzene rings is 1. The molecule has 0 aliphatic carbocycles. The highest BCUT2D eigenvalue weighted by atomic mass is 16.5. The summed E-state index contributed by atoms with van der Waals surface area (Å²) in [6.45, 7) is 9.31. The second kappa shape index (κ2) is 8.15. The maximum absolute atomic E-state index is 11.8. The molecule has 0 bridgehead atoms. The lowest BCUT2D eigenvalue weighted by molar-refractivity contribution is -0.143. The number of hydrogen-bond acceptors (Lipinski definition) is 4. The SMILES string of the molecule is CCN(CC)CCCN1CCOc2ccccc2C1C(=O)O. The van der Waals surface area contributed by atoms with Crippen LogP contribution in [0.4, 0.5) is 0 Å². The Kier molecular flexibility index (Phi) is 6.21. The molecular formula is C17H26N2O3. The predicted octanol–water partition coefficient (Wildman–Crippen LogP) is 2.24. The molecule has 0 saturated heterocycles. The molecule has 1 aliphatic rings. The summed E-state index contributed by atoms with van der Waals surface area (Å²) in [4.78, 5) is 16.2. The Morgan fingerprint density at radius 2 is 2.09 bits per heavy atom. The van der Waals surface area contributed by atoms with Crippen LogP contribution in [0.1, 0.15) is 31.9 Å². The van der Waals surface area contributed by atoms with Gasteiger partial charge in [0.2, 0.25) is 0 Å². The van der Waals surface area contributed by atoms with Crippen molar-refractivity contribution in [3.05, 3.63) is 29.8 Å². The predicted molar refractivity (Wildman–Crippen MR) is 86.3 cm³/mol. The fraction of sp³-hybridized carbons (Fsp3) is 0.588. The monoisotopic (exact) mass is 306 g/mol. The maximum atomic E-state index is 11.8. The lowest BCUT2D eigenvalue weighted by atomic mass is 10.0. The van der Waals surface area contributed by atoms with Crippen molar-refractivity contribution in [3.8, 4) is 5.75 Å². The van der Waals surface area contributed by atoms with E-state index in [1.807, 2.05) is 29.2 Å². The standard InChI is InChI=1S/C17H26N2O3/c1-3-18(4-2)10-7-11-19-12-13-22-15-9-6-5-8-14(15)16(19)17(20)21/h5-6,8-9,16H,3-4,7,10-13H2,1-2H3,(H,20,21). The Hall–Kier alpha value is -1.59. The van der Waals surface area contributed by atoms with Gasteiger partial charge in [-0.15, -0.1) is 0 Å². The van der Waals surface area contributed by atoms with E-state index < -0.39 is 12.0 Å². The topological polar surface area (TPSA) is 53.0 Å². The van der Waals surface area contributed by atoms with Crippen LogP contribution in [-0.2, 0) is 4.79 Å². The fourth-order valence-corrected chi connectivity index (χ4v) is 3.00. The molecule has 1 atom stereocenters. The summed E-state index contributed by atoms with van der Waals surface area (Å²) < 4.78 is 5.71. The lowest BCUT2D eigenvalue weighted by Gasteiger charge is -2.27. The van der Waals surface area contributed by atoms with Crippen LogP contribution in [0.15, 0.2) is 24.3 Å². The van der Waals surface area contributed by atoms with Crippen molar-refractivity contribution in [2.75, 3.05) is 39.3 Å². The minimum absolute atomic E-state index is 0.534. The van der Waals surface area contributed by atoms with Crippen LogP contribution in [0, 0.1) is 0 Å². The van der Waals surface area contributed by atoms with E-state index in [4.69, 9.17) is 4.74 Å². The molecule has 0 saturated carbocycles. The first-order valence-corrected chi connectivity index (χ1v) is 8.08. The third-order valence-corrected chi connectivity index (χ3v) is 4.26. The average molecular weight is 306 g/mol. The van der Waals surface area contributed by atoms with E-state index in [-0.39, 0.29) is 0 Å². The number of para-hydroxylation sites is 1. The first-order chi connectivity index (χ1) is 10.7. The molecule has 1 aromatic rings. The second-order valence-electron chi connectivity index (χ2n) is 5.54. The third-order valence-electron chi connectivity index (χ3n) is 4.26. The molecule has 1 unspecified atom stereocenters. The summed E-state index contributed by atoms with van der Waals surface area (Å²) in [6.07, 6.45) is 0.966. The number of ether oxygens (including phenoxy) is 1. The number of aliphatic carboxylic acids is 1. The normalized spacial score (nSPS) is 18.6. The Morgan fingerprint density at radius 1 is 1.36 bits per heavy atom. The van der Waals surface area contributed by atoms with Crippen LogP contribution in [-0.4, -0.2) is 60.2 Å². The van der Waals surface area contributed by atoms with Gasteiger partial charge in [-0.2, -0.15) is 0 Å². The minimum Gasteiger partial charge on any atom is -0.492 e. The van der Waals surface area contributed by atoms with Gasteiger partial charge in [-0.05, 0) is 32.1 Å². The average Bonchev–Trinajstić information content (AvgIpc) is 2.70. The molecule has 0 fully saturated rings. The molecule has 0 aromatic heterocycles. The van der Waals surface area contributed by atoms with Gasteiger partial charge in [0.05, 0.1) is 0 Å². The number of carboxylic acids is 1. The van der Waals surface area contributed by atoms with Crippen LogP contribution in [0.25, 0.3) is 0 Å². The Morgan fingerprint density at radius 3 is 2.77 bits per heavy atom. The zero-order valence-electron chi connectivity index (χ0n) is 13.5. The summed E-state index contributed by atoms with van der Waals surface area (Å²) in [5, 5.41) is 9.67. The van der Waals surface area contributed by atoms with Gasteiger partial charge in [-0.1, -0.05) is 32.0 Å². The first kappa shape index (κ1) is 16.8. The van der Waals surface area contributed by atoms with Gasteiger partial charge < -0.3 is 14.7 Å². The largest absolute Gasteiger partial charge is 0.492 e. The molecule has 122 valence electrons. The van der Waals surface area contributed by atoms with Crippen molar-refractivity contribution >= 4 is 5.97 Å². The fourth-order valence-electron chi connectivity index (χ4n) is 3.00. The first-order valence-electron chi connectivity index (χ1n) is 8.08. The van der Waals surface area contributed by atoms with Crippen LogP contribution in [0.2, 0.25) is 0 Å². The molecule has 1 heterocycles. The molecular weight excluding hydrogens is 280 g/mol. The summed E-state index contributed by atoms with van der Waals surface area (Å²) in [6, 6.07) is 6.85. The highest BCUT2D eigenvalue weighted by Gasteiger charge is 2.31. The summed E-state index contributed by atoms with van der Waals surface area (Å²) >= 11 is 0. The lowest BCUT2D eigenvalue weighted by Crippen LogP contribution is -2.37. The van der Waals surface area contributed by atoms with E-state index >= 15 is 0 Å². The number of carboxylic acid groups (broad SMARTS) is 1. The van der Waals surface area contributed by atoms with E-state index in [0.29, 0.717) is 18.9 Å². The quantitative estimate of drug-likeness (QED) is 0.837.